The van der Waals surface area contributed by atoms with Gasteiger partial charge in [-0.1, -0.05) is 38.1 Å². The summed E-state index contributed by atoms with van der Waals surface area (Å²) in [4.78, 5) is 24.2. The maximum atomic E-state index is 13.5. The summed E-state index contributed by atoms with van der Waals surface area (Å²) in [6, 6.07) is 13.5. The van der Waals surface area contributed by atoms with Gasteiger partial charge in [0.1, 0.15) is 5.82 Å². The summed E-state index contributed by atoms with van der Waals surface area (Å²) in [5, 5.41) is 0. The lowest BCUT2D eigenvalue weighted by Crippen LogP contribution is -2.42. The third-order valence-corrected chi connectivity index (χ3v) is 4.42. The van der Waals surface area contributed by atoms with Crippen LogP contribution in [0, 0.1) is 11.7 Å². The van der Waals surface area contributed by atoms with Gasteiger partial charge in [-0.15, -0.1) is 11.8 Å². The van der Waals surface area contributed by atoms with Crippen molar-refractivity contribution in [2.24, 2.45) is 5.92 Å². The topological polar surface area (TPSA) is 58.2 Å². The first-order chi connectivity index (χ1) is 12.0. The predicted octanol–water partition coefficient (Wildman–Crippen LogP) is 3.58. The molecule has 0 atom stereocenters. The molecule has 4 nitrogen and oxygen atoms in total. The summed E-state index contributed by atoms with van der Waals surface area (Å²) in [7, 11) is 0. The van der Waals surface area contributed by atoms with E-state index in [-0.39, 0.29) is 17.5 Å². The molecule has 0 fully saturated rings. The van der Waals surface area contributed by atoms with Crippen LogP contribution in [0.4, 0.5) is 4.39 Å². The average Bonchev–Trinajstić information content (AvgIpc) is 2.59. The SMILES string of the molecule is CC(C)Cc1ccc(C(=O)NNC(=O)CSc2ccccc2F)cc1. The summed E-state index contributed by atoms with van der Waals surface area (Å²) in [5.41, 5.74) is 6.33. The minimum absolute atomic E-state index is 0.00847. The zero-order valence-corrected chi connectivity index (χ0v) is 15.0. The van der Waals surface area contributed by atoms with E-state index in [1.165, 1.54) is 6.07 Å². The van der Waals surface area contributed by atoms with Crippen molar-refractivity contribution in [2.75, 3.05) is 5.75 Å². The Balaban J connectivity index is 1.79. The molecule has 2 aromatic rings. The molecule has 25 heavy (non-hydrogen) atoms. The molecule has 0 unspecified atom stereocenters. The Morgan fingerprint density at radius 3 is 2.36 bits per heavy atom. The Bertz CT molecular complexity index is 732. The van der Waals surface area contributed by atoms with Gasteiger partial charge in [0.25, 0.3) is 5.91 Å². The molecule has 132 valence electrons. The van der Waals surface area contributed by atoms with Crippen molar-refractivity contribution in [2.45, 2.75) is 25.2 Å². The number of hydrogen-bond acceptors (Lipinski definition) is 3. The molecule has 2 aromatic carbocycles. The van der Waals surface area contributed by atoms with Gasteiger partial charge < -0.3 is 0 Å². The minimum atomic E-state index is -0.405. The summed E-state index contributed by atoms with van der Waals surface area (Å²) >= 11 is 1.07. The third kappa shape index (κ3) is 6.23. The van der Waals surface area contributed by atoms with E-state index in [1.807, 2.05) is 12.1 Å². The Labute approximate surface area is 151 Å². The lowest BCUT2D eigenvalue weighted by atomic mass is 10.0. The summed E-state index contributed by atoms with van der Waals surface area (Å²) < 4.78 is 13.5. The first-order valence-electron chi connectivity index (χ1n) is 8.01. The van der Waals surface area contributed by atoms with Crippen molar-refractivity contribution < 1.29 is 14.0 Å². The van der Waals surface area contributed by atoms with Crippen LogP contribution >= 0.6 is 11.8 Å². The molecule has 2 rings (SSSR count). The first kappa shape index (κ1) is 19.0. The van der Waals surface area contributed by atoms with Gasteiger partial charge >= 0.3 is 0 Å². The number of benzene rings is 2. The van der Waals surface area contributed by atoms with Crippen molar-refractivity contribution in [3.63, 3.8) is 0 Å². The van der Waals surface area contributed by atoms with E-state index in [2.05, 4.69) is 24.7 Å². The van der Waals surface area contributed by atoms with Gasteiger partial charge in [-0.25, -0.2) is 4.39 Å². The summed E-state index contributed by atoms with van der Waals surface area (Å²) in [6.07, 6.45) is 0.950. The molecule has 0 aliphatic rings. The quantitative estimate of drug-likeness (QED) is 0.611. The second-order valence-electron chi connectivity index (χ2n) is 6.02. The van der Waals surface area contributed by atoms with Crippen molar-refractivity contribution in [1.82, 2.24) is 10.9 Å². The highest BCUT2D eigenvalue weighted by molar-refractivity contribution is 8.00. The number of nitrogens with one attached hydrogen (secondary N) is 2. The Morgan fingerprint density at radius 1 is 1.04 bits per heavy atom. The van der Waals surface area contributed by atoms with Crippen molar-refractivity contribution >= 4 is 23.6 Å². The Morgan fingerprint density at radius 2 is 1.72 bits per heavy atom. The van der Waals surface area contributed by atoms with E-state index in [9.17, 15) is 14.0 Å². The molecule has 2 amide bonds. The van der Waals surface area contributed by atoms with E-state index >= 15 is 0 Å². The van der Waals surface area contributed by atoms with Crippen LogP contribution < -0.4 is 10.9 Å². The van der Waals surface area contributed by atoms with Gasteiger partial charge in [-0.3, -0.25) is 20.4 Å². The standard InChI is InChI=1S/C19H21FN2O2S/c1-13(2)11-14-7-9-15(10-8-14)19(24)22-21-18(23)12-25-17-6-4-3-5-16(17)20/h3-10,13H,11-12H2,1-2H3,(H,21,23)(H,22,24). The van der Waals surface area contributed by atoms with Gasteiger partial charge in [0.15, 0.2) is 0 Å². The zero-order chi connectivity index (χ0) is 18.2. The van der Waals surface area contributed by atoms with Gasteiger partial charge in [-0.05, 0) is 42.2 Å². The number of amides is 2. The van der Waals surface area contributed by atoms with E-state index in [1.54, 1.807) is 30.3 Å². The molecule has 0 aromatic heterocycles. The number of halogens is 1. The Kier molecular flexibility index (Phi) is 7.01. The van der Waals surface area contributed by atoms with Gasteiger partial charge in [0, 0.05) is 10.5 Å². The number of hydrogen-bond donors (Lipinski definition) is 2. The largest absolute Gasteiger partial charge is 0.272 e. The third-order valence-electron chi connectivity index (χ3n) is 3.37. The lowest BCUT2D eigenvalue weighted by Gasteiger charge is -2.09. The second kappa shape index (κ2) is 9.22. The first-order valence-corrected chi connectivity index (χ1v) is 8.99. The molecular weight excluding hydrogens is 339 g/mol. The zero-order valence-electron chi connectivity index (χ0n) is 14.2. The molecule has 0 bridgehead atoms. The Hall–Kier alpha value is -2.34. The van der Waals surface area contributed by atoms with Crippen molar-refractivity contribution in [1.29, 1.82) is 0 Å². The van der Waals surface area contributed by atoms with Crippen LogP contribution in [-0.4, -0.2) is 17.6 Å². The van der Waals surface area contributed by atoms with E-state index < -0.39 is 5.91 Å². The molecule has 0 aliphatic carbocycles. The van der Waals surface area contributed by atoms with Crippen LogP contribution in [0.1, 0.15) is 29.8 Å². The van der Waals surface area contributed by atoms with Crippen LogP contribution in [0.3, 0.4) is 0 Å². The van der Waals surface area contributed by atoms with Crippen LogP contribution in [0.2, 0.25) is 0 Å². The van der Waals surface area contributed by atoms with Crippen LogP contribution in [0.25, 0.3) is 0 Å². The number of hydrazine groups is 1. The van der Waals surface area contributed by atoms with E-state index in [0.29, 0.717) is 16.4 Å². The molecule has 0 spiro atoms. The molecule has 0 aliphatic heterocycles. The van der Waals surface area contributed by atoms with Gasteiger partial charge in [-0.2, -0.15) is 0 Å². The molecule has 2 N–H and O–H groups in total. The smallest absolute Gasteiger partial charge is 0.269 e. The van der Waals surface area contributed by atoms with Crippen LogP contribution in [0.5, 0.6) is 0 Å². The monoisotopic (exact) mass is 360 g/mol. The van der Waals surface area contributed by atoms with Crippen molar-refractivity contribution in [3.05, 3.63) is 65.5 Å². The molecule has 0 saturated heterocycles. The maximum Gasteiger partial charge on any atom is 0.269 e. The van der Waals surface area contributed by atoms with Crippen molar-refractivity contribution in [3.8, 4) is 0 Å². The van der Waals surface area contributed by atoms with E-state index in [4.69, 9.17) is 0 Å². The average molecular weight is 360 g/mol. The fourth-order valence-electron chi connectivity index (χ4n) is 2.20. The number of rotatable bonds is 6. The van der Waals surface area contributed by atoms with Gasteiger partial charge in [0.2, 0.25) is 5.91 Å². The van der Waals surface area contributed by atoms with E-state index in [0.717, 1.165) is 23.7 Å². The maximum absolute atomic E-state index is 13.5. The number of carbonyl (C=O) groups excluding carboxylic acids is 2. The summed E-state index contributed by atoms with van der Waals surface area (Å²) in [5.74, 6) is -0.607. The molecule has 6 heteroatoms. The lowest BCUT2D eigenvalue weighted by molar-refractivity contribution is -0.119. The fraction of sp³-hybridized carbons (Fsp3) is 0.263. The fourth-order valence-corrected chi connectivity index (χ4v) is 2.94. The summed E-state index contributed by atoms with van der Waals surface area (Å²) in [6.45, 7) is 4.27. The normalized spacial score (nSPS) is 10.6. The molecule has 0 heterocycles. The van der Waals surface area contributed by atoms with Gasteiger partial charge in [0.05, 0.1) is 5.75 Å². The highest BCUT2D eigenvalue weighted by atomic mass is 32.2. The second-order valence-corrected chi connectivity index (χ2v) is 7.03. The highest BCUT2D eigenvalue weighted by Gasteiger charge is 2.09. The molecule has 0 radical (unpaired) electrons. The minimum Gasteiger partial charge on any atom is -0.272 e. The van der Waals surface area contributed by atoms with Crippen LogP contribution in [-0.2, 0) is 11.2 Å². The number of carbonyl (C=O) groups is 2. The predicted molar refractivity (Wildman–Crippen MR) is 97.7 cm³/mol. The molecular formula is C19H21FN2O2S. The molecule has 0 saturated carbocycles. The highest BCUT2D eigenvalue weighted by Crippen LogP contribution is 2.20. The number of thioether (sulfide) groups is 1. The van der Waals surface area contributed by atoms with Crippen LogP contribution in [0.15, 0.2) is 53.4 Å².